The molecular formula is C14H17N3O2. The number of piperidine rings is 1. The number of para-hydroxylation sites is 1. The molecule has 2 aliphatic rings. The van der Waals surface area contributed by atoms with Crippen molar-refractivity contribution >= 4 is 17.5 Å². The summed E-state index contributed by atoms with van der Waals surface area (Å²) < 4.78 is 0. The zero-order valence-electron chi connectivity index (χ0n) is 10.7. The summed E-state index contributed by atoms with van der Waals surface area (Å²) in [5.41, 5.74) is 6.76. The number of primary amides is 1. The number of nitrogens with one attached hydrogen (secondary N) is 1. The van der Waals surface area contributed by atoms with Gasteiger partial charge in [-0.1, -0.05) is 12.1 Å². The van der Waals surface area contributed by atoms with E-state index >= 15 is 0 Å². The van der Waals surface area contributed by atoms with Gasteiger partial charge < -0.3 is 16.0 Å². The lowest BCUT2D eigenvalue weighted by Crippen LogP contribution is -2.54. The van der Waals surface area contributed by atoms with Crippen LogP contribution in [-0.4, -0.2) is 35.3 Å². The van der Waals surface area contributed by atoms with Gasteiger partial charge in [-0.05, 0) is 25.0 Å². The molecule has 0 saturated carbocycles. The van der Waals surface area contributed by atoms with Crippen LogP contribution in [0.15, 0.2) is 24.3 Å². The average Bonchev–Trinajstić information content (AvgIpc) is 2.39. The van der Waals surface area contributed by atoms with E-state index in [2.05, 4.69) is 5.32 Å². The fourth-order valence-corrected chi connectivity index (χ4v) is 3.02. The molecule has 19 heavy (non-hydrogen) atoms. The normalized spacial score (nSPS) is 20.8. The monoisotopic (exact) mass is 259 g/mol. The molecule has 1 fully saturated rings. The number of rotatable bonds is 0. The van der Waals surface area contributed by atoms with Crippen LogP contribution in [-0.2, 0) is 0 Å². The highest BCUT2D eigenvalue weighted by atomic mass is 16.2. The summed E-state index contributed by atoms with van der Waals surface area (Å²) in [5.74, 6) is 0.182. The molecule has 0 bridgehead atoms. The minimum absolute atomic E-state index is 0.182. The first-order chi connectivity index (χ1) is 9.10. The summed E-state index contributed by atoms with van der Waals surface area (Å²) >= 11 is 0. The number of amides is 2. The first-order valence-corrected chi connectivity index (χ1v) is 6.54. The van der Waals surface area contributed by atoms with Gasteiger partial charge in [0, 0.05) is 36.3 Å². The molecule has 2 aliphatic heterocycles. The number of benzene rings is 1. The van der Waals surface area contributed by atoms with E-state index in [-0.39, 0.29) is 17.4 Å². The van der Waals surface area contributed by atoms with Crippen molar-refractivity contribution in [2.24, 2.45) is 5.73 Å². The third-order valence-corrected chi connectivity index (χ3v) is 4.16. The van der Waals surface area contributed by atoms with Crippen LogP contribution in [0.3, 0.4) is 0 Å². The molecule has 5 nitrogen and oxygen atoms in total. The summed E-state index contributed by atoms with van der Waals surface area (Å²) in [5, 5.41) is 3.50. The highest BCUT2D eigenvalue weighted by Gasteiger charge is 2.40. The SMILES string of the molecule is NC(=O)N1CCC2(CC1)CC(=O)c1ccccc1N2. The largest absolute Gasteiger partial charge is 0.378 e. The number of fused-ring (bicyclic) bond motifs is 1. The Morgan fingerprint density at radius 1 is 1.26 bits per heavy atom. The van der Waals surface area contributed by atoms with Gasteiger partial charge in [0.15, 0.2) is 5.78 Å². The van der Waals surface area contributed by atoms with Crippen molar-refractivity contribution < 1.29 is 9.59 Å². The summed E-state index contributed by atoms with van der Waals surface area (Å²) in [6.07, 6.45) is 2.02. The highest BCUT2D eigenvalue weighted by molar-refractivity contribution is 6.04. The molecule has 0 aromatic heterocycles. The first-order valence-electron chi connectivity index (χ1n) is 6.54. The maximum absolute atomic E-state index is 12.2. The number of hydrogen-bond donors (Lipinski definition) is 2. The minimum Gasteiger partial charge on any atom is -0.378 e. The second-order valence-electron chi connectivity index (χ2n) is 5.38. The number of anilines is 1. The summed E-state index contributed by atoms with van der Waals surface area (Å²) in [7, 11) is 0. The zero-order valence-corrected chi connectivity index (χ0v) is 10.7. The topological polar surface area (TPSA) is 75.4 Å². The Balaban J connectivity index is 1.82. The van der Waals surface area contributed by atoms with E-state index in [9.17, 15) is 9.59 Å². The van der Waals surface area contributed by atoms with Crippen molar-refractivity contribution in [3.05, 3.63) is 29.8 Å². The lowest BCUT2D eigenvalue weighted by Gasteiger charge is -2.44. The fraction of sp³-hybridized carbons (Fsp3) is 0.429. The maximum atomic E-state index is 12.2. The second-order valence-corrected chi connectivity index (χ2v) is 5.38. The number of likely N-dealkylation sites (tertiary alicyclic amines) is 1. The van der Waals surface area contributed by atoms with Gasteiger partial charge in [0.25, 0.3) is 0 Å². The highest BCUT2D eigenvalue weighted by Crippen LogP contribution is 2.37. The smallest absolute Gasteiger partial charge is 0.314 e. The van der Waals surface area contributed by atoms with Crippen molar-refractivity contribution in [3.8, 4) is 0 Å². The predicted molar refractivity (Wildman–Crippen MR) is 72.1 cm³/mol. The molecule has 0 aliphatic carbocycles. The van der Waals surface area contributed by atoms with Crippen LogP contribution in [0.1, 0.15) is 29.6 Å². The molecule has 1 aromatic rings. The van der Waals surface area contributed by atoms with E-state index in [1.807, 2.05) is 24.3 Å². The number of hydrogen-bond acceptors (Lipinski definition) is 3. The molecular weight excluding hydrogens is 242 g/mol. The minimum atomic E-state index is -0.377. The second kappa shape index (κ2) is 4.26. The van der Waals surface area contributed by atoms with Crippen LogP contribution in [0.25, 0.3) is 0 Å². The Kier molecular flexibility index (Phi) is 2.69. The number of carbonyl (C=O) groups is 2. The molecule has 0 radical (unpaired) electrons. The molecule has 3 rings (SSSR count). The summed E-state index contributed by atoms with van der Waals surface area (Å²) in [4.78, 5) is 25.0. The molecule has 5 heteroatoms. The molecule has 1 aromatic carbocycles. The number of nitrogens with zero attached hydrogens (tertiary/aromatic N) is 1. The molecule has 1 saturated heterocycles. The van der Waals surface area contributed by atoms with Crippen molar-refractivity contribution in [1.82, 2.24) is 4.90 Å². The van der Waals surface area contributed by atoms with E-state index in [0.29, 0.717) is 19.5 Å². The standard InChI is InChI=1S/C14H17N3O2/c15-13(19)17-7-5-14(6-8-17)9-12(18)10-3-1-2-4-11(10)16-14/h1-4,16H,5-9H2,(H2,15,19). The van der Waals surface area contributed by atoms with Crippen molar-refractivity contribution in [2.75, 3.05) is 18.4 Å². The summed E-state index contributed by atoms with van der Waals surface area (Å²) in [6.45, 7) is 1.22. The Bertz CT molecular complexity index is 533. The molecule has 0 unspecified atom stereocenters. The Hall–Kier alpha value is -2.04. The van der Waals surface area contributed by atoms with Gasteiger partial charge >= 0.3 is 6.03 Å². The van der Waals surface area contributed by atoms with Gasteiger partial charge in [0.1, 0.15) is 0 Å². The average molecular weight is 259 g/mol. The predicted octanol–water partition coefficient (Wildman–Crippen LogP) is 1.60. The van der Waals surface area contributed by atoms with E-state index in [4.69, 9.17) is 5.73 Å². The quantitative estimate of drug-likeness (QED) is 0.743. The lowest BCUT2D eigenvalue weighted by atomic mass is 9.78. The maximum Gasteiger partial charge on any atom is 0.314 e. The molecule has 1 spiro atoms. The van der Waals surface area contributed by atoms with Crippen LogP contribution < -0.4 is 11.1 Å². The third-order valence-electron chi connectivity index (χ3n) is 4.16. The molecule has 2 heterocycles. The van der Waals surface area contributed by atoms with Crippen LogP contribution in [0, 0.1) is 0 Å². The number of urea groups is 1. The number of nitrogens with two attached hydrogens (primary N) is 1. The molecule has 100 valence electrons. The van der Waals surface area contributed by atoms with E-state index in [1.165, 1.54) is 0 Å². The van der Waals surface area contributed by atoms with E-state index in [1.54, 1.807) is 4.90 Å². The van der Waals surface area contributed by atoms with Gasteiger partial charge in [-0.2, -0.15) is 0 Å². The van der Waals surface area contributed by atoms with Crippen molar-refractivity contribution in [2.45, 2.75) is 24.8 Å². The zero-order chi connectivity index (χ0) is 13.5. The Labute approximate surface area is 111 Å². The lowest BCUT2D eigenvalue weighted by molar-refractivity contribution is 0.0918. The first kappa shape index (κ1) is 12.0. The van der Waals surface area contributed by atoms with Gasteiger partial charge in [0.2, 0.25) is 0 Å². The van der Waals surface area contributed by atoms with Gasteiger partial charge in [-0.3, -0.25) is 4.79 Å². The Morgan fingerprint density at radius 3 is 2.63 bits per heavy atom. The van der Waals surface area contributed by atoms with Crippen molar-refractivity contribution in [1.29, 1.82) is 0 Å². The summed E-state index contributed by atoms with van der Waals surface area (Å²) in [6, 6.07) is 7.23. The van der Waals surface area contributed by atoms with Crippen molar-refractivity contribution in [3.63, 3.8) is 0 Å². The van der Waals surface area contributed by atoms with Gasteiger partial charge in [0.05, 0.1) is 0 Å². The number of carbonyl (C=O) groups excluding carboxylic acids is 2. The van der Waals surface area contributed by atoms with Gasteiger partial charge in [-0.15, -0.1) is 0 Å². The molecule has 2 amide bonds. The van der Waals surface area contributed by atoms with E-state index in [0.717, 1.165) is 24.1 Å². The van der Waals surface area contributed by atoms with E-state index < -0.39 is 0 Å². The molecule has 3 N–H and O–H groups in total. The molecule has 0 atom stereocenters. The van der Waals surface area contributed by atoms with Crippen LogP contribution in [0.4, 0.5) is 10.5 Å². The Morgan fingerprint density at radius 2 is 1.95 bits per heavy atom. The van der Waals surface area contributed by atoms with Crippen LogP contribution in [0.2, 0.25) is 0 Å². The number of Topliss-reactive ketones (excluding diaryl/α,β-unsaturated/α-hetero) is 1. The van der Waals surface area contributed by atoms with Gasteiger partial charge in [-0.25, -0.2) is 4.79 Å². The van der Waals surface area contributed by atoms with Crippen LogP contribution >= 0.6 is 0 Å². The fourth-order valence-electron chi connectivity index (χ4n) is 3.02. The number of ketones is 1. The van der Waals surface area contributed by atoms with Crippen LogP contribution in [0.5, 0.6) is 0 Å². The third kappa shape index (κ3) is 2.05.